The number of benzene rings is 1. The summed E-state index contributed by atoms with van der Waals surface area (Å²) in [6.07, 6.45) is 1.63. The van der Waals surface area contributed by atoms with Crippen LogP contribution in [0.2, 0.25) is 5.02 Å². The van der Waals surface area contributed by atoms with E-state index in [1.165, 1.54) is 11.8 Å². The highest BCUT2D eigenvalue weighted by Crippen LogP contribution is 2.26. The first-order valence-corrected chi connectivity index (χ1v) is 11.1. The number of aromatic nitrogens is 3. The Morgan fingerprint density at radius 2 is 2.03 bits per heavy atom. The lowest BCUT2D eigenvalue weighted by atomic mass is 10.2. The number of hydrogen-bond acceptors (Lipinski definition) is 6. The van der Waals surface area contributed by atoms with Crippen LogP contribution in [0.4, 0.5) is 0 Å². The van der Waals surface area contributed by atoms with Crippen molar-refractivity contribution in [3.8, 4) is 11.4 Å². The van der Waals surface area contributed by atoms with Crippen molar-refractivity contribution in [3.05, 3.63) is 75.8 Å². The van der Waals surface area contributed by atoms with Crippen LogP contribution in [-0.4, -0.2) is 26.4 Å². The normalized spacial score (nSPS) is 10.9. The molecule has 1 N–H and O–H groups in total. The number of carbonyl (C=O) groups is 1. The van der Waals surface area contributed by atoms with Crippen LogP contribution in [-0.2, 0) is 17.9 Å². The number of thiophene rings is 1. The summed E-state index contributed by atoms with van der Waals surface area (Å²) >= 11 is 8.97. The van der Waals surface area contributed by atoms with Gasteiger partial charge in [-0.15, -0.1) is 21.5 Å². The van der Waals surface area contributed by atoms with Gasteiger partial charge in [0, 0.05) is 15.5 Å². The second-order valence-electron chi connectivity index (χ2n) is 6.12. The molecule has 0 saturated carbocycles. The number of amides is 1. The Bertz CT molecular complexity index is 1060. The van der Waals surface area contributed by atoms with Crippen LogP contribution in [0, 0.1) is 0 Å². The summed E-state index contributed by atoms with van der Waals surface area (Å²) in [5, 5.41) is 14.9. The molecule has 4 aromatic rings. The van der Waals surface area contributed by atoms with Crippen LogP contribution in [0.5, 0.6) is 0 Å². The Hall–Kier alpha value is -2.55. The predicted molar refractivity (Wildman–Crippen MR) is 115 cm³/mol. The zero-order valence-corrected chi connectivity index (χ0v) is 17.6. The summed E-state index contributed by atoms with van der Waals surface area (Å²) in [4.78, 5) is 13.4. The molecule has 1 amide bonds. The molecule has 0 atom stereocenters. The smallest absolute Gasteiger partial charge is 0.230 e. The molecule has 4 rings (SSSR count). The molecule has 0 bridgehead atoms. The first-order chi connectivity index (χ1) is 14.2. The predicted octanol–water partition coefficient (Wildman–Crippen LogP) is 4.71. The van der Waals surface area contributed by atoms with Gasteiger partial charge >= 0.3 is 0 Å². The van der Waals surface area contributed by atoms with E-state index in [0.717, 1.165) is 16.2 Å². The minimum Gasteiger partial charge on any atom is -0.467 e. The highest BCUT2D eigenvalue weighted by molar-refractivity contribution is 7.99. The summed E-state index contributed by atoms with van der Waals surface area (Å²) in [6, 6.07) is 15.1. The second-order valence-corrected chi connectivity index (χ2v) is 8.53. The SMILES string of the molecule is O=C(CSc1nnc(-c2ccc(Cl)cc2)n1Cc1ccco1)NCc1cccs1. The topological polar surface area (TPSA) is 73.0 Å². The molecule has 9 heteroatoms. The van der Waals surface area contributed by atoms with E-state index in [0.29, 0.717) is 29.1 Å². The van der Waals surface area contributed by atoms with E-state index in [9.17, 15) is 4.79 Å². The van der Waals surface area contributed by atoms with Gasteiger partial charge in [-0.1, -0.05) is 29.4 Å². The number of rotatable bonds is 8. The van der Waals surface area contributed by atoms with Crippen LogP contribution < -0.4 is 5.32 Å². The van der Waals surface area contributed by atoms with Gasteiger partial charge in [0.25, 0.3) is 0 Å². The van der Waals surface area contributed by atoms with Crippen molar-refractivity contribution in [2.75, 3.05) is 5.75 Å². The van der Waals surface area contributed by atoms with Gasteiger partial charge in [-0.05, 0) is 47.8 Å². The third-order valence-corrected chi connectivity index (χ3v) is 6.18. The van der Waals surface area contributed by atoms with E-state index in [2.05, 4.69) is 15.5 Å². The summed E-state index contributed by atoms with van der Waals surface area (Å²) in [6.45, 7) is 1.00. The molecule has 0 unspecified atom stereocenters. The third kappa shape index (κ3) is 5.09. The van der Waals surface area contributed by atoms with E-state index in [1.54, 1.807) is 17.6 Å². The Kier molecular flexibility index (Phi) is 6.33. The maximum atomic E-state index is 12.2. The Balaban J connectivity index is 1.49. The van der Waals surface area contributed by atoms with Crippen molar-refractivity contribution in [2.24, 2.45) is 0 Å². The molecule has 0 aliphatic carbocycles. The van der Waals surface area contributed by atoms with Crippen LogP contribution in [0.1, 0.15) is 10.6 Å². The number of halogens is 1. The van der Waals surface area contributed by atoms with Gasteiger partial charge in [0.1, 0.15) is 5.76 Å². The molecular weight excluding hydrogens is 428 g/mol. The number of carbonyl (C=O) groups excluding carboxylic acids is 1. The summed E-state index contributed by atoms with van der Waals surface area (Å²) in [5.41, 5.74) is 0.891. The summed E-state index contributed by atoms with van der Waals surface area (Å²) in [7, 11) is 0. The Morgan fingerprint density at radius 1 is 1.17 bits per heavy atom. The summed E-state index contributed by atoms with van der Waals surface area (Å²) < 4.78 is 7.44. The Labute approximate surface area is 180 Å². The molecule has 29 heavy (non-hydrogen) atoms. The van der Waals surface area contributed by atoms with Gasteiger partial charge in [-0.25, -0.2) is 0 Å². The van der Waals surface area contributed by atoms with Gasteiger partial charge in [-0.3, -0.25) is 9.36 Å². The van der Waals surface area contributed by atoms with Crippen molar-refractivity contribution in [2.45, 2.75) is 18.2 Å². The average molecular weight is 445 g/mol. The molecule has 0 saturated heterocycles. The maximum Gasteiger partial charge on any atom is 0.230 e. The van der Waals surface area contributed by atoms with Crippen LogP contribution in [0.3, 0.4) is 0 Å². The molecule has 0 aliphatic rings. The molecule has 3 aromatic heterocycles. The zero-order valence-electron chi connectivity index (χ0n) is 15.2. The minimum atomic E-state index is -0.0519. The van der Waals surface area contributed by atoms with E-state index in [4.69, 9.17) is 16.0 Å². The molecule has 148 valence electrons. The van der Waals surface area contributed by atoms with Gasteiger partial charge in [0.2, 0.25) is 5.91 Å². The first kappa shape index (κ1) is 19.8. The molecule has 0 fully saturated rings. The Morgan fingerprint density at radius 3 is 2.76 bits per heavy atom. The third-order valence-electron chi connectivity index (χ3n) is 4.09. The first-order valence-electron chi connectivity index (χ1n) is 8.82. The second kappa shape index (κ2) is 9.30. The fourth-order valence-electron chi connectivity index (χ4n) is 2.69. The van der Waals surface area contributed by atoms with Crippen LogP contribution in [0.15, 0.2) is 69.7 Å². The lowest BCUT2D eigenvalue weighted by Crippen LogP contribution is -2.24. The molecule has 1 aromatic carbocycles. The van der Waals surface area contributed by atoms with Gasteiger partial charge < -0.3 is 9.73 Å². The highest BCUT2D eigenvalue weighted by atomic mass is 35.5. The van der Waals surface area contributed by atoms with Crippen LogP contribution in [0.25, 0.3) is 11.4 Å². The summed E-state index contributed by atoms with van der Waals surface area (Å²) in [5.74, 6) is 1.68. The lowest BCUT2D eigenvalue weighted by molar-refractivity contribution is -0.118. The lowest BCUT2D eigenvalue weighted by Gasteiger charge is -2.09. The molecule has 0 radical (unpaired) electrons. The van der Waals surface area contributed by atoms with E-state index >= 15 is 0 Å². The molecular formula is C20H17ClN4O2S2. The van der Waals surface area contributed by atoms with Crippen molar-refractivity contribution >= 4 is 40.6 Å². The molecule has 0 aliphatic heterocycles. The number of nitrogens with one attached hydrogen (secondary N) is 1. The fraction of sp³-hybridized carbons (Fsp3) is 0.150. The van der Waals surface area contributed by atoms with Gasteiger partial charge in [0.05, 0.1) is 25.1 Å². The molecule has 3 heterocycles. The van der Waals surface area contributed by atoms with E-state index < -0.39 is 0 Å². The van der Waals surface area contributed by atoms with Crippen LogP contribution >= 0.6 is 34.7 Å². The maximum absolute atomic E-state index is 12.2. The van der Waals surface area contributed by atoms with Gasteiger partial charge in [-0.2, -0.15) is 0 Å². The zero-order chi connectivity index (χ0) is 20.1. The number of nitrogens with zero attached hydrogens (tertiary/aromatic N) is 3. The molecule has 0 spiro atoms. The standard InChI is InChI=1S/C20H17ClN4O2S2/c21-15-7-5-14(6-8-15)19-23-24-20(25(19)12-16-3-1-9-27-16)29-13-18(26)22-11-17-4-2-10-28-17/h1-10H,11-13H2,(H,22,26). The number of hydrogen-bond donors (Lipinski definition) is 1. The van der Waals surface area contributed by atoms with Crippen molar-refractivity contribution in [1.82, 2.24) is 20.1 Å². The molecule has 6 nitrogen and oxygen atoms in total. The highest BCUT2D eigenvalue weighted by Gasteiger charge is 2.17. The van der Waals surface area contributed by atoms with Crippen molar-refractivity contribution in [3.63, 3.8) is 0 Å². The van der Waals surface area contributed by atoms with E-state index in [-0.39, 0.29) is 11.7 Å². The van der Waals surface area contributed by atoms with Crippen molar-refractivity contribution < 1.29 is 9.21 Å². The fourth-order valence-corrected chi connectivity index (χ4v) is 4.23. The largest absolute Gasteiger partial charge is 0.467 e. The van der Waals surface area contributed by atoms with Gasteiger partial charge in [0.15, 0.2) is 11.0 Å². The monoisotopic (exact) mass is 444 g/mol. The quantitative estimate of drug-likeness (QED) is 0.398. The number of furan rings is 1. The van der Waals surface area contributed by atoms with E-state index in [1.807, 2.05) is 58.5 Å². The number of thioether (sulfide) groups is 1. The minimum absolute atomic E-state index is 0.0519. The van der Waals surface area contributed by atoms with Crippen molar-refractivity contribution in [1.29, 1.82) is 0 Å². The average Bonchev–Trinajstić information content (AvgIpc) is 3.49.